The first-order valence-corrected chi connectivity index (χ1v) is 10.5. The first-order valence-electron chi connectivity index (χ1n) is 8.99. The molecule has 4 aromatic rings. The number of aryl methyl sites for hydroxylation is 2. The Labute approximate surface area is 168 Å². The number of sulfonamides is 1. The van der Waals surface area contributed by atoms with Crippen molar-refractivity contribution < 1.29 is 13.2 Å². The lowest BCUT2D eigenvalue weighted by Crippen LogP contribution is -2.14. The van der Waals surface area contributed by atoms with Gasteiger partial charge in [-0.25, -0.2) is 13.4 Å². The summed E-state index contributed by atoms with van der Waals surface area (Å²) in [6.45, 7) is 1.89. The number of hydrogen-bond acceptors (Lipinski definition) is 4. The Balaban J connectivity index is 1.59. The van der Waals surface area contributed by atoms with Crippen LogP contribution in [-0.2, 0) is 17.1 Å². The SMILES string of the molecule is Cc1ccc(S(=O)(=O)Nc2ccc(C(=O)c3cn(C)c4ccccc34)cn2)cc1. The summed E-state index contributed by atoms with van der Waals surface area (Å²) in [5.41, 5.74) is 2.90. The Morgan fingerprint density at radius 2 is 1.72 bits per heavy atom. The molecule has 4 rings (SSSR count). The van der Waals surface area contributed by atoms with Gasteiger partial charge < -0.3 is 4.57 Å². The molecule has 0 spiro atoms. The Morgan fingerprint density at radius 1 is 1.00 bits per heavy atom. The van der Waals surface area contributed by atoms with Gasteiger partial charge in [0.05, 0.1) is 4.90 Å². The molecule has 2 aromatic heterocycles. The summed E-state index contributed by atoms with van der Waals surface area (Å²) in [6, 6.07) is 17.3. The van der Waals surface area contributed by atoms with E-state index in [0.717, 1.165) is 16.5 Å². The molecule has 0 saturated heterocycles. The number of ketones is 1. The first-order chi connectivity index (χ1) is 13.8. The van der Waals surface area contributed by atoms with E-state index in [1.165, 1.54) is 24.4 Å². The van der Waals surface area contributed by atoms with Gasteiger partial charge in [-0.05, 0) is 37.3 Å². The number of carbonyl (C=O) groups is 1. The van der Waals surface area contributed by atoms with Gasteiger partial charge in [0.25, 0.3) is 10.0 Å². The van der Waals surface area contributed by atoms with Gasteiger partial charge in [-0.3, -0.25) is 9.52 Å². The molecule has 0 saturated carbocycles. The zero-order chi connectivity index (χ0) is 20.6. The molecule has 0 unspecified atom stereocenters. The lowest BCUT2D eigenvalue weighted by molar-refractivity contribution is 0.104. The van der Waals surface area contributed by atoms with Crippen LogP contribution in [0.3, 0.4) is 0 Å². The number of nitrogens with one attached hydrogen (secondary N) is 1. The normalized spacial score (nSPS) is 11.5. The van der Waals surface area contributed by atoms with Crippen molar-refractivity contribution in [3.8, 4) is 0 Å². The van der Waals surface area contributed by atoms with Crippen molar-refractivity contribution in [2.75, 3.05) is 4.72 Å². The number of pyridine rings is 1. The lowest BCUT2D eigenvalue weighted by Gasteiger charge is -2.08. The van der Waals surface area contributed by atoms with Crippen molar-refractivity contribution >= 4 is 32.5 Å². The number of carbonyl (C=O) groups excluding carboxylic acids is 1. The summed E-state index contributed by atoms with van der Waals surface area (Å²) in [4.78, 5) is 17.2. The largest absolute Gasteiger partial charge is 0.350 e. The van der Waals surface area contributed by atoms with Gasteiger partial charge in [0, 0.05) is 41.5 Å². The number of fused-ring (bicyclic) bond motifs is 1. The van der Waals surface area contributed by atoms with E-state index >= 15 is 0 Å². The van der Waals surface area contributed by atoms with Gasteiger partial charge in [0.1, 0.15) is 5.82 Å². The Hall–Kier alpha value is -3.45. The minimum atomic E-state index is -3.74. The van der Waals surface area contributed by atoms with Crippen LogP contribution in [0.25, 0.3) is 10.9 Å². The quantitative estimate of drug-likeness (QED) is 0.511. The van der Waals surface area contributed by atoms with E-state index in [-0.39, 0.29) is 16.5 Å². The molecular formula is C22H19N3O3S. The van der Waals surface area contributed by atoms with Gasteiger partial charge >= 0.3 is 0 Å². The molecule has 146 valence electrons. The maximum absolute atomic E-state index is 12.9. The fourth-order valence-electron chi connectivity index (χ4n) is 3.18. The number of aromatic nitrogens is 2. The lowest BCUT2D eigenvalue weighted by atomic mass is 10.0. The monoisotopic (exact) mass is 405 g/mol. The van der Waals surface area contributed by atoms with Gasteiger partial charge in [-0.1, -0.05) is 35.9 Å². The summed E-state index contributed by atoms with van der Waals surface area (Å²) in [7, 11) is -1.85. The van der Waals surface area contributed by atoms with Crippen LogP contribution < -0.4 is 4.72 Å². The summed E-state index contributed by atoms with van der Waals surface area (Å²) in [5, 5.41) is 0.865. The number of nitrogens with zero attached hydrogens (tertiary/aromatic N) is 2. The molecule has 0 aliphatic carbocycles. The highest BCUT2D eigenvalue weighted by Crippen LogP contribution is 2.23. The standard InChI is InChI=1S/C22H19N3O3S/c1-15-7-10-17(11-8-15)29(27,28)24-21-12-9-16(13-23-21)22(26)19-14-25(2)20-6-4-3-5-18(19)20/h3-14H,1-2H3,(H,23,24). The molecule has 0 radical (unpaired) electrons. The van der Waals surface area contributed by atoms with E-state index in [2.05, 4.69) is 9.71 Å². The Kier molecular flexibility index (Phi) is 4.68. The molecule has 0 amide bonds. The third-order valence-electron chi connectivity index (χ3n) is 4.74. The molecule has 0 bridgehead atoms. The third-order valence-corrected chi connectivity index (χ3v) is 6.11. The second-order valence-electron chi connectivity index (χ2n) is 6.85. The molecule has 2 aromatic carbocycles. The number of hydrogen-bond donors (Lipinski definition) is 1. The number of anilines is 1. The van der Waals surface area contributed by atoms with Gasteiger partial charge in [-0.2, -0.15) is 0 Å². The van der Waals surface area contributed by atoms with E-state index < -0.39 is 10.0 Å². The summed E-state index contributed by atoms with van der Waals surface area (Å²) in [6.07, 6.45) is 3.18. The molecule has 0 aliphatic rings. The number of benzene rings is 2. The molecule has 0 aliphatic heterocycles. The van der Waals surface area contributed by atoms with Crippen LogP contribution >= 0.6 is 0 Å². The van der Waals surface area contributed by atoms with Crippen molar-refractivity contribution in [1.82, 2.24) is 9.55 Å². The molecular weight excluding hydrogens is 386 g/mol. The Bertz CT molecular complexity index is 1310. The molecule has 6 nitrogen and oxygen atoms in total. The fraction of sp³-hybridized carbons (Fsp3) is 0.0909. The van der Waals surface area contributed by atoms with Crippen molar-refractivity contribution in [3.63, 3.8) is 0 Å². The van der Waals surface area contributed by atoms with E-state index in [0.29, 0.717) is 11.1 Å². The summed E-state index contributed by atoms with van der Waals surface area (Å²) < 4.78 is 29.3. The average Bonchev–Trinajstić information content (AvgIpc) is 3.05. The van der Waals surface area contributed by atoms with E-state index in [9.17, 15) is 13.2 Å². The van der Waals surface area contributed by atoms with Gasteiger partial charge in [0.15, 0.2) is 5.78 Å². The molecule has 1 N–H and O–H groups in total. The predicted molar refractivity (Wildman–Crippen MR) is 113 cm³/mol. The van der Waals surface area contributed by atoms with Crippen LogP contribution in [0, 0.1) is 6.92 Å². The molecule has 29 heavy (non-hydrogen) atoms. The molecule has 2 heterocycles. The van der Waals surface area contributed by atoms with Crippen LogP contribution in [0.1, 0.15) is 21.5 Å². The average molecular weight is 405 g/mol. The molecule has 0 atom stereocenters. The number of rotatable bonds is 5. The molecule has 0 fully saturated rings. The van der Waals surface area contributed by atoms with E-state index in [1.54, 1.807) is 24.4 Å². The maximum Gasteiger partial charge on any atom is 0.263 e. The zero-order valence-electron chi connectivity index (χ0n) is 16.0. The topological polar surface area (TPSA) is 81.1 Å². The van der Waals surface area contributed by atoms with Gasteiger partial charge in [0.2, 0.25) is 0 Å². The predicted octanol–water partition coefficient (Wildman–Crippen LogP) is 3.91. The highest BCUT2D eigenvalue weighted by atomic mass is 32.2. The van der Waals surface area contributed by atoms with Crippen molar-refractivity contribution in [1.29, 1.82) is 0 Å². The van der Waals surface area contributed by atoms with E-state index in [1.807, 2.05) is 42.8 Å². The van der Waals surface area contributed by atoms with Crippen LogP contribution in [0.4, 0.5) is 5.82 Å². The van der Waals surface area contributed by atoms with E-state index in [4.69, 9.17) is 0 Å². The minimum Gasteiger partial charge on any atom is -0.350 e. The highest BCUT2D eigenvalue weighted by molar-refractivity contribution is 7.92. The van der Waals surface area contributed by atoms with Crippen LogP contribution in [-0.4, -0.2) is 23.8 Å². The maximum atomic E-state index is 12.9. The van der Waals surface area contributed by atoms with Crippen molar-refractivity contribution in [3.05, 3.63) is 89.7 Å². The second-order valence-corrected chi connectivity index (χ2v) is 8.53. The third kappa shape index (κ3) is 3.64. The summed E-state index contributed by atoms with van der Waals surface area (Å²) in [5.74, 6) is -0.0118. The van der Waals surface area contributed by atoms with Crippen molar-refractivity contribution in [2.24, 2.45) is 7.05 Å². The van der Waals surface area contributed by atoms with Crippen molar-refractivity contribution in [2.45, 2.75) is 11.8 Å². The summed E-state index contributed by atoms with van der Waals surface area (Å²) >= 11 is 0. The number of para-hydroxylation sites is 1. The minimum absolute atomic E-state index is 0.153. The van der Waals surface area contributed by atoms with Crippen LogP contribution in [0.2, 0.25) is 0 Å². The van der Waals surface area contributed by atoms with Gasteiger partial charge in [-0.15, -0.1) is 0 Å². The first kappa shape index (κ1) is 18.9. The van der Waals surface area contributed by atoms with Crippen LogP contribution in [0.15, 0.2) is 78.0 Å². The highest BCUT2D eigenvalue weighted by Gasteiger charge is 2.18. The second kappa shape index (κ2) is 7.18. The van der Waals surface area contributed by atoms with Crippen LogP contribution in [0.5, 0.6) is 0 Å². The smallest absolute Gasteiger partial charge is 0.263 e. The molecule has 7 heteroatoms. The zero-order valence-corrected chi connectivity index (χ0v) is 16.8. The Morgan fingerprint density at radius 3 is 2.41 bits per heavy atom. The fourth-order valence-corrected chi connectivity index (χ4v) is 4.19.